The molecule has 0 saturated carbocycles. The Morgan fingerprint density at radius 2 is 1.74 bits per heavy atom. The van der Waals surface area contributed by atoms with Crippen molar-refractivity contribution < 1.29 is 22.4 Å². The van der Waals surface area contributed by atoms with Crippen molar-refractivity contribution in [1.29, 1.82) is 0 Å². The number of amides is 2. The largest absolute Gasteiger partial charge is 0.355 e. The molecule has 1 atom stereocenters. The molecule has 1 N–H and O–H groups in total. The average molecular weight is 470 g/mol. The first-order chi connectivity index (χ1) is 14.6. The van der Waals surface area contributed by atoms with Crippen molar-refractivity contribution in [2.75, 3.05) is 20.1 Å². The van der Waals surface area contributed by atoms with Crippen molar-refractivity contribution >= 4 is 33.4 Å². The van der Waals surface area contributed by atoms with Gasteiger partial charge in [-0.3, -0.25) is 9.59 Å². The van der Waals surface area contributed by atoms with Crippen LogP contribution in [0.4, 0.5) is 4.39 Å². The van der Waals surface area contributed by atoms with Gasteiger partial charge in [0.1, 0.15) is 11.9 Å². The van der Waals surface area contributed by atoms with Gasteiger partial charge in [0.05, 0.1) is 11.4 Å². The number of nitrogens with one attached hydrogen (secondary N) is 1. The van der Waals surface area contributed by atoms with Gasteiger partial charge < -0.3 is 10.2 Å². The van der Waals surface area contributed by atoms with Crippen LogP contribution in [0.3, 0.4) is 0 Å². The monoisotopic (exact) mass is 469 g/mol. The summed E-state index contributed by atoms with van der Waals surface area (Å²) in [4.78, 5) is 26.5. The smallest absolute Gasteiger partial charge is 0.243 e. The van der Waals surface area contributed by atoms with Gasteiger partial charge in [-0.05, 0) is 44.2 Å². The summed E-state index contributed by atoms with van der Waals surface area (Å²) in [7, 11) is -2.71. The topological polar surface area (TPSA) is 86.8 Å². The number of hydrogen-bond donors (Lipinski definition) is 1. The quantitative estimate of drug-likeness (QED) is 0.611. The summed E-state index contributed by atoms with van der Waals surface area (Å²) in [5.41, 5.74) is 0.218. The van der Waals surface area contributed by atoms with Crippen molar-refractivity contribution in [3.8, 4) is 0 Å². The molecule has 168 valence electrons. The fourth-order valence-electron chi connectivity index (χ4n) is 2.87. The lowest BCUT2D eigenvalue weighted by molar-refractivity contribution is -0.140. The summed E-state index contributed by atoms with van der Waals surface area (Å²) in [6, 6.07) is 10.5. The average Bonchev–Trinajstić information content (AvgIpc) is 2.73. The van der Waals surface area contributed by atoms with Crippen molar-refractivity contribution in [3.05, 3.63) is 64.9 Å². The maximum absolute atomic E-state index is 14.2. The molecule has 0 spiro atoms. The van der Waals surface area contributed by atoms with Gasteiger partial charge in [0.2, 0.25) is 21.8 Å². The molecule has 0 aliphatic heterocycles. The molecule has 2 aromatic carbocycles. The highest BCUT2D eigenvalue weighted by atomic mass is 35.5. The normalized spacial score (nSPS) is 12.5. The van der Waals surface area contributed by atoms with E-state index in [4.69, 9.17) is 11.6 Å². The van der Waals surface area contributed by atoms with E-state index in [1.54, 1.807) is 13.0 Å². The number of sulfonamides is 1. The van der Waals surface area contributed by atoms with Crippen LogP contribution >= 0.6 is 11.6 Å². The number of hydrogen-bond acceptors (Lipinski definition) is 4. The minimum Gasteiger partial charge on any atom is -0.355 e. The first kappa shape index (κ1) is 24.8. The van der Waals surface area contributed by atoms with Crippen LogP contribution in [0.5, 0.6) is 0 Å². The van der Waals surface area contributed by atoms with Crippen molar-refractivity contribution in [2.24, 2.45) is 0 Å². The van der Waals surface area contributed by atoms with Gasteiger partial charge in [0, 0.05) is 30.7 Å². The van der Waals surface area contributed by atoms with Crippen LogP contribution in [0.25, 0.3) is 0 Å². The lowest BCUT2D eigenvalue weighted by Crippen LogP contribution is -2.50. The SMILES string of the molecule is CCNC(=O)[C@@H](C)N(Cc1ccccc1F)C(=O)CN(C)S(=O)(=O)c1ccc(Cl)cc1. The Morgan fingerprint density at radius 1 is 1.13 bits per heavy atom. The molecule has 2 aromatic rings. The predicted octanol–water partition coefficient (Wildman–Crippen LogP) is 2.65. The van der Waals surface area contributed by atoms with E-state index in [1.807, 2.05) is 0 Å². The fourth-order valence-corrected chi connectivity index (χ4v) is 4.11. The Hall–Kier alpha value is -2.49. The van der Waals surface area contributed by atoms with Crippen molar-refractivity contribution in [1.82, 2.24) is 14.5 Å². The van der Waals surface area contributed by atoms with Crippen LogP contribution in [0.1, 0.15) is 19.4 Å². The standard InChI is InChI=1S/C21H25ClFN3O4S/c1-4-24-21(28)15(2)26(13-16-7-5-6-8-19(16)23)20(27)14-25(3)31(29,30)18-11-9-17(22)10-12-18/h5-12,15H,4,13-14H2,1-3H3,(H,24,28)/t15-/m1/s1. The summed E-state index contributed by atoms with van der Waals surface area (Å²) in [5, 5.41) is 3.00. The van der Waals surface area contributed by atoms with Crippen molar-refractivity contribution in [2.45, 2.75) is 31.3 Å². The minimum atomic E-state index is -3.97. The number of nitrogens with zero attached hydrogens (tertiary/aromatic N) is 2. The molecule has 0 aromatic heterocycles. The molecule has 0 saturated heterocycles. The van der Waals surface area contributed by atoms with Crippen molar-refractivity contribution in [3.63, 3.8) is 0 Å². The van der Waals surface area contributed by atoms with E-state index in [-0.39, 0.29) is 17.0 Å². The zero-order chi connectivity index (χ0) is 23.2. The Kier molecular flexibility index (Phi) is 8.55. The second-order valence-corrected chi connectivity index (χ2v) is 9.38. The predicted molar refractivity (Wildman–Crippen MR) is 116 cm³/mol. The number of likely N-dealkylation sites (N-methyl/N-ethyl adjacent to an activating group) is 2. The molecule has 0 heterocycles. The number of carbonyl (C=O) groups excluding carboxylic acids is 2. The molecule has 0 aliphatic rings. The van der Waals surface area contributed by atoms with Crippen LogP contribution in [-0.2, 0) is 26.2 Å². The number of carbonyl (C=O) groups is 2. The Balaban J connectivity index is 2.28. The van der Waals surface area contributed by atoms with E-state index in [9.17, 15) is 22.4 Å². The zero-order valence-electron chi connectivity index (χ0n) is 17.5. The number of rotatable bonds is 9. The summed E-state index contributed by atoms with van der Waals surface area (Å²) < 4.78 is 40.6. The van der Waals surface area contributed by atoms with Gasteiger partial charge >= 0.3 is 0 Å². The lowest BCUT2D eigenvalue weighted by Gasteiger charge is -2.30. The van der Waals surface area contributed by atoms with E-state index < -0.39 is 40.2 Å². The first-order valence-electron chi connectivity index (χ1n) is 9.60. The molecule has 0 unspecified atom stereocenters. The number of halogens is 2. The van der Waals surface area contributed by atoms with E-state index in [2.05, 4.69) is 5.32 Å². The molecule has 10 heteroatoms. The molecule has 2 rings (SSSR count). The third-order valence-electron chi connectivity index (χ3n) is 4.70. The molecule has 2 amide bonds. The molecule has 0 radical (unpaired) electrons. The molecule has 7 nitrogen and oxygen atoms in total. The zero-order valence-corrected chi connectivity index (χ0v) is 19.1. The third-order valence-corrected chi connectivity index (χ3v) is 6.77. The van der Waals surface area contributed by atoms with Gasteiger partial charge in [-0.15, -0.1) is 0 Å². The molecule has 0 aliphatic carbocycles. The summed E-state index contributed by atoms with van der Waals surface area (Å²) >= 11 is 5.81. The lowest BCUT2D eigenvalue weighted by atomic mass is 10.1. The highest BCUT2D eigenvalue weighted by Crippen LogP contribution is 2.19. The fraction of sp³-hybridized carbons (Fsp3) is 0.333. The molecule has 0 bridgehead atoms. The Labute approximate surface area is 186 Å². The summed E-state index contributed by atoms with van der Waals surface area (Å²) in [6.07, 6.45) is 0. The van der Waals surface area contributed by atoms with Gasteiger partial charge in [-0.25, -0.2) is 12.8 Å². The molecular formula is C21H25ClFN3O4S. The summed E-state index contributed by atoms with van der Waals surface area (Å²) in [6.45, 7) is 2.90. The van der Waals surface area contributed by atoms with Gasteiger partial charge in [-0.1, -0.05) is 29.8 Å². The molecule has 0 fully saturated rings. The minimum absolute atomic E-state index is 0.0235. The van der Waals surface area contributed by atoms with E-state index >= 15 is 0 Å². The summed E-state index contributed by atoms with van der Waals surface area (Å²) in [5.74, 6) is -1.58. The highest BCUT2D eigenvalue weighted by molar-refractivity contribution is 7.89. The van der Waals surface area contributed by atoms with Crippen LogP contribution < -0.4 is 5.32 Å². The van der Waals surface area contributed by atoms with Gasteiger partial charge in [0.15, 0.2) is 0 Å². The van der Waals surface area contributed by atoms with Gasteiger partial charge in [0.25, 0.3) is 0 Å². The molecule has 31 heavy (non-hydrogen) atoms. The van der Waals surface area contributed by atoms with Crippen LogP contribution in [0.2, 0.25) is 5.02 Å². The van der Waals surface area contributed by atoms with Crippen LogP contribution in [-0.4, -0.2) is 55.6 Å². The van der Waals surface area contributed by atoms with E-state index in [1.165, 1.54) is 56.4 Å². The van der Waals surface area contributed by atoms with Gasteiger partial charge in [-0.2, -0.15) is 4.31 Å². The van der Waals surface area contributed by atoms with Crippen LogP contribution in [0.15, 0.2) is 53.4 Å². The van der Waals surface area contributed by atoms with E-state index in [0.29, 0.717) is 11.6 Å². The first-order valence-corrected chi connectivity index (χ1v) is 11.4. The maximum Gasteiger partial charge on any atom is 0.243 e. The second kappa shape index (κ2) is 10.7. The number of benzene rings is 2. The Bertz CT molecular complexity index is 1030. The highest BCUT2D eigenvalue weighted by Gasteiger charge is 2.30. The third kappa shape index (κ3) is 6.25. The van der Waals surface area contributed by atoms with E-state index in [0.717, 1.165) is 9.21 Å². The second-order valence-electron chi connectivity index (χ2n) is 6.90. The van der Waals surface area contributed by atoms with Crippen LogP contribution in [0, 0.1) is 5.82 Å². The molecular weight excluding hydrogens is 445 g/mol. The Morgan fingerprint density at radius 3 is 2.32 bits per heavy atom. The maximum atomic E-state index is 14.2.